The standard InChI is InChI=1S/C33H37N3O5/c37-30(38)16-8-9-19-34-31(39)33(17-20-36(21-18-33)22-24-10-2-1-3-11-24)35-32(40)41-23-29-27-14-6-4-12-25(27)26-13-5-7-15-28(26)29/h1-7,10-15,29H,8-9,16-23H2,(H,34,39)(H,35,40)(H,37,38). The molecule has 1 saturated heterocycles. The number of rotatable bonds is 11. The van der Waals surface area contributed by atoms with E-state index in [1.54, 1.807) is 0 Å². The van der Waals surface area contributed by atoms with Crippen molar-refractivity contribution in [1.29, 1.82) is 0 Å². The first kappa shape index (κ1) is 28.4. The summed E-state index contributed by atoms with van der Waals surface area (Å²) in [5.41, 5.74) is 4.67. The molecule has 1 aliphatic carbocycles. The van der Waals surface area contributed by atoms with Gasteiger partial charge in [0, 0.05) is 38.5 Å². The number of aliphatic carboxylic acids is 1. The quantitative estimate of drug-likeness (QED) is 0.290. The first-order valence-corrected chi connectivity index (χ1v) is 14.3. The molecule has 2 amide bonds. The zero-order chi connectivity index (χ0) is 28.7. The van der Waals surface area contributed by atoms with E-state index in [1.807, 2.05) is 42.5 Å². The van der Waals surface area contributed by atoms with Crippen LogP contribution in [0.15, 0.2) is 78.9 Å². The van der Waals surface area contributed by atoms with Gasteiger partial charge in [-0.1, -0.05) is 78.9 Å². The molecule has 0 radical (unpaired) electrons. The molecular formula is C33H37N3O5. The van der Waals surface area contributed by atoms with Gasteiger partial charge in [-0.05, 0) is 53.5 Å². The lowest BCUT2D eigenvalue weighted by Crippen LogP contribution is -2.63. The molecule has 1 aliphatic heterocycles. The van der Waals surface area contributed by atoms with Gasteiger partial charge in [-0.3, -0.25) is 14.5 Å². The minimum absolute atomic E-state index is 0.0630. The highest BCUT2D eigenvalue weighted by molar-refractivity contribution is 5.90. The summed E-state index contributed by atoms with van der Waals surface area (Å²) in [7, 11) is 0. The lowest BCUT2D eigenvalue weighted by Gasteiger charge is -2.40. The first-order chi connectivity index (χ1) is 19.9. The summed E-state index contributed by atoms with van der Waals surface area (Å²) >= 11 is 0. The maximum Gasteiger partial charge on any atom is 0.408 e. The number of alkyl carbamates (subject to hydrolysis) is 1. The largest absolute Gasteiger partial charge is 0.481 e. The van der Waals surface area contributed by atoms with Crippen molar-refractivity contribution in [3.8, 4) is 11.1 Å². The predicted molar refractivity (Wildman–Crippen MR) is 156 cm³/mol. The van der Waals surface area contributed by atoms with E-state index in [0.29, 0.717) is 45.3 Å². The van der Waals surface area contributed by atoms with Crippen LogP contribution in [0.3, 0.4) is 0 Å². The molecule has 2 aliphatic rings. The van der Waals surface area contributed by atoms with Gasteiger partial charge in [0.1, 0.15) is 12.1 Å². The molecule has 8 heteroatoms. The number of ether oxygens (including phenoxy) is 1. The zero-order valence-corrected chi connectivity index (χ0v) is 23.2. The number of carboxylic acid groups (broad SMARTS) is 1. The number of benzene rings is 3. The highest BCUT2D eigenvalue weighted by atomic mass is 16.5. The summed E-state index contributed by atoms with van der Waals surface area (Å²) in [6.07, 6.45) is 1.39. The lowest BCUT2D eigenvalue weighted by molar-refractivity contribution is -0.137. The van der Waals surface area contributed by atoms with Crippen molar-refractivity contribution < 1.29 is 24.2 Å². The molecule has 0 unspecified atom stereocenters. The Morgan fingerprint density at radius 2 is 1.46 bits per heavy atom. The number of carbonyl (C=O) groups is 3. The number of unbranched alkanes of at least 4 members (excludes halogenated alkanes) is 1. The monoisotopic (exact) mass is 555 g/mol. The number of fused-ring (bicyclic) bond motifs is 3. The third-order valence-corrected chi connectivity index (χ3v) is 8.18. The molecule has 1 heterocycles. The molecular weight excluding hydrogens is 518 g/mol. The van der Waals surface area contributed by atoms with Gasteiger partial charge in [-0.15, -0.1) is 0 Å². The number of likely N-dealkylation sites (tertiary alicyclic amines) is 1. The van der Waals surface area contributed by atoms with E-state index in [-0.39, 0.29) is 24.9 Å². The van der Waals surface area contributed by atoms with E-state index < -0.39 is 17.6 Å². The van der Waals surface area contributed by atoms with Crippen LogP contribution in [0.4, 0.5) is 4.79 Å². The van der Waals surface area contributed by atoms with Crippen molar-refractivity contribution in [2.24, 2.45) is 0 Å². The summed E-state index contributed by atoms with van der Waals surface area (Å²) in [4.78, 5) is 39.8. The third kappa shape index (κ3) is 6.77. The second kappa shape index (κ2) is 13.0. The van der Waals surface area contributed by atoms with E-state index in [0.717, 1.165) is 28.8 Å². The Hall–Kier alpha value is -4.17. The van der Waals surface area contributed by atoms with E-state index in [9.17, 15) is 14.4 Å². The molecule has 3 aromatic carbocycles. The van der Waals surface area contributed by atoms with Gasteiger partial charge in [0.2, 0.25) is 5.91 Å². The number of carboxylic acids is 1. The minimum atomic E-state index is -1.09. The fraction of sp³-hybridized carbons (Fsp3) is 0.364. The lowest BCUT2D eigenvalue weighted by atomic mass is 9.86. The van der Waals surface area contributed by atoms with Crippen LogP contribution < -0.4 is 10.6 Å². The van der Waals surface area contributed by atoms with Crippen LogP contribution in [-0.4, -0.2) is 59.8 Å². The fourth-order valence-electron chi connectivity index (χ4n) is 5.95. The molecule has 3 N–H and O–H groups in total. The number of carbonyl (C=O) groups excluding carboxylic acids is 2. The number of piperidine rings is 1. The van der Waals surface area contributed by atoms with Gasteiger partial charge >= 0.3 is 12.1 Å². The van der Waals surface area contributed by atoms with Crippen molar-refractivity contribution in [1.82, 2.24) is 15.5 Å². The highest BCUT2D eigenvalue weighted by Gasteiger charge is 2.43. The Balaban J connectivity index is 1.23. The second-order valence-electron chi connectivity index (χ2n) is 10.9. The Morgan fingerprint density at radius 3 is 2.10 bits per heavy atom. The van der Waals surface area contributed by atoms with Gasteiger partial charge in [-0.25, -0.2) is 4.79 Å². The van der Waals surface area contributed by atoms with Crippen LogP contribution in [0.25, 0.3) is 11.1 Å². The van der Waals surface area contributed by atoms with Crippen LogP contribution >= 0.6 is 0 Å². The van der Waals surface area contributed by atoms with Gasteiger partial charge in [0.05, 0.1) is 0 Å². The van der Waals surface area contributed by atoms with Crippen LogP contribution in [0.5, 0.6) is 0 Å². The summed E-state index contributed by atoms with van der Waals surface area (Å²) in [6, 6.07) is 26.5. The minimum Gasteiger partial charge on any atom is -0.481 e. The van der Waals surface area contributed by atoms with Gasteiger partial charge in [-0.2, -0.15) is 0 Å². The molecule has 5 rings (SSSR count). The molecule has 3 aromatic rings. The number of hydrogen-bond acceptors (Lipinski definition) is 5. The van der Waals surface area contributed by atoms with E-state index in [1.165, 1.54) is 5.56 Å². The van der Waals surface area contributed by atoms with E-state index >= 15 is 0 Å². The zero-order valence-electron chi connectivity index (χ0n) is 23.2. The van der Waals surface area contributed by atoms with Crippen molar-refractivity contribution in [3.05, 3.63) is 95.6 Å². The van der Waals surface area contributed by atoms with Gasteiger partial charge < -0.3 is 20.5 Å². The van der Waals surface area contributed by atoms with E-state index in [2.05, 4.69) is 51.9 Å². The Bertz CT molecular complexity index is 1320. The SMILES string of the molecule is O=C(O)CCCCNC(=O)C1(NC(=O)OCC2c3ccccc3-c3ccccc32)CCN(Cc2ccccc2)CC1. The maximum absolute atomic E-state index is 13.5. The third-order valence-electron chi connectivity index (χ3n) is 8.18. The van der Waals surface area contributed by atoms with Crippen LogP contribution in [0.1, 0.15) is 54.7 Å². The van der Waals surface area contributed by atoms with Gasteiger partial charge in [0.25, 0.3) is 0 Å². The molecule has 41 heavy (non-hydrogen) atoms. The van der Waals surface area contributed by atoms with Crippen molar-refractivity contribution in [3.63, 3.8) is 0 Å². The predicted octanol–water partition coefficient (Wildman–Crippen LogP) is 4.93. The van der Waals surface area contributed by atoms with Crippen molar-refractivity contribution in [2.75, 3.05) is 26.2 Å². The maximum atomic E-state index is 13.5. The van der Waals surface area contributed by atoms with E-state index in [4.69, 9.17) is 9.84 Å². The molecule has 0 bridgehead atoms. The molecule has 214 valence electrons. The van der Waals surface area contributed by atoms with Crippen molar-refractivity contribution >= 4 is 18.0 Å². The average molecular weight is 556 g/mol. The number of nitrogens with one attached hydrogen (secondary N) is 2. The smallest absolute Gasteiger partial charge is 0.408 e. The summed E-state index contributed by atoms with van der Waals surface area (Å²) in [6.45, 7) is 2.59. The molecule has 0 saturated carbocycles. The normalized spacial score (nSPS) is 15.9. The Labute approximate surface area is 240 Å². The Kier molecular flexibility index (Phi) is 8.99. The van der Waals surface area contributed by atoms with Crippen LogP contribution in [0, 0.1) is 0 Å². The molecule has 0 aromatic heterocycles. The molecule has 8 nitrogen and oxygen atoms in total. The topological polar surface area (TPSA) is 108 Å². The average Bonchev–Trinajstić information content (AvgIpc) is 3.31. The fourth-order valence-corrected chi connectivity index (χ4v) is 5.95. The number of nitrogens with zero attached hydrogens (tertiary/aromatic N) is 1. The number of amides is 2. The van der Waals surface area contributed by atoms with Crippen molar-refractivity contribution in [2.45, 2.75) is 50.1 Å². The van der Waals surface area contributed by atoms with Crippen LogP contribution in [-0.2, 0) is 20.9 Å². The number of hydrogen-bond donors (Lipinski definition) is 3. The molecule has 1 fully saturated rings. The first-order valence-electron chi connectivity index (χ1n) is 14.3. The highest BCUT2D eigenvalue weighted by Crippen LogP contribution is 2.44. The van der Waals surface area contributed by atoms with Crippen LogP contribution in [0.2, 0.25) is 0 Å². The van der Waals surface area contributed by atoms with Gasteiger partial charge in [0.15, 0.2) is 0 Å². The molecule has 0 atom stereocenters. The Morgan fingerprint density at radius 1 is 0.854 bits per heavy atom. The molecule has 0 spiro atoms. The second-order valence-corrected chi connectivity index (χ2v) is 10.9. The summed E-state index contributed by atoms with van der Waals surface area (Å²) in [5.74, 6) is -1.17. The summed E-state index contributed by atoms with van der Waals surface area (Å²) < 4.78 is 5.80. The summed E-state index contributed by atoms with van der Waals surface area (Å²) in [5, 5.41) is 14.8.